The number of amides is 1. The average Bonchev–Trinajstić information content (AvgIpc) is 2.75. The summed E-state index contributed by atoms with van der Waals surface area (Å²) in [6.45, 7) is 10.1. The molecular formula is C16H25NO4SSi. The molecule has 0 spiro atoms. The standard InChI is InChI=1S/C16H25NO4SSi/c1-16(2,3)14(21-23(4)5)10-22(19,20)12-6-7-13-11(8-12)9-15(18)17-13/h6-8,14,23H,9-10H2,1-5H3,(H,17,18). The molecule has 1 aromatic rings. The van der Waals surface area contributed by atoms with Crippen molar-refractivity contribution in [3.63, 3.8) is 0 Å². The molecule has 1 amide bonds. The van der Waals surface area contributed by atoms with E-state index in [4.69, 9.17) is 4.43 Å². The molecule has 1 N–H and O–H groups in total. The third kappa shape index (κ3) is 4.42. The van der Waals surface area contributed by atoms with Crippen LogP contribution in [0, 0.1) is 5.41 Å². The topological polar surface area (TPSA) is 72.5 Å². The molecule has 0 radical (unpaired) electrons. The highest BCUT2D eigenvalue weighted by Gasteiger charge is 2.32. The molecule has 128 valence electrons. The van der Waals surface area contributed by atoms with E-state index in [9.17, 15) is 13.2 Å². The van der Waals surface area contributed by atoms with Crippen molar-refractivity contribution in [1.82, 2.24) is 0 Å². The lowest BCUT2D eigenvalue weighted by Crippen LogP contribution is -2.38. The SMILES string of the molecule is C[SiH](C)OC(CS(=O)(=O)c1ccc2c(c1)CC(=O)N2)C(C)(C)C. The zero-order chi connectivity index (χ0) is 17.4. The highest BCUT2D eigenvalue weighted by Crippen LogP contribution is 2.29. The van der Waals surface area contributed by atoms with Crippen LogP contribution in [0.15, 0.2) is 23.1 Å². The Morgan fingerprint density at radius 2 is 1.96 bits per heavy atom. The molecule has 1 atom stereocenters. The van der Waals surface area contributed by atoms with E-state index in [1.165, 1.54) is 0 Å². The average molecular weight is 356 g/mol. The van der Waals surface area contributed by atoms with Crippen LogP contribution in [-0.4, -0.2) is 35.2 Å². The van der Waals surface area contributed by atoms with Crippen LogP contribution < -0.4 is 5.32 Å². The minimum absolute atomic E-state index is 0.0398. The number of hydrogen-bond donors (Lipinski definition) is 1. The molecule has 5 nitrogen and oxygen atoms in total. The highest BCUT2D eigenvalue weighted by atomic mass is 32.2. The van der Waals surface area contributed by atoms with Gasteiger partial charge in [0.1, 0.15) is 0 Å². The van der Waals surface area contributed by atoms with Crippen LogP contribution in [0.25, 0.3) is 0 Å². The molecule has 0 fully saturated rings. The molecule has 1 heterocycles. The van der Waals surface area contributed by atoms with Crippen LogP contribution in [0.1, 0.15) is 26.3 Å². The maximum Gasteiger partial charge on any atom is 0.228 e. The summed E-state index contributed by atoms with van der Waals surface area (Å²) < 4.78 is 31.5. The molecular weight excluding hydrogens is 330 g/mol. The lowest BCUT2D eigenvalue weighted by atomic mass is 9.90. The number of sulfone groups is 1. The van der Waals surface area contributed by atoms with Crippen molar-refractivity contribution in [2.24, 2.45) is 5.41 Å². The van der Waals surface area contributed by atoms with Gasteiger partial charge in [-0.25, -0.2) is 8.42 Å². The van der Waals surface area contributed by atoms with Gasteiger partial charge in [-0.15, -0.1) is 0 Å². The smallest absolute Gasteiger partial charge is 0.228 e. The van der Waals surface area contributed by atoms with Crippen LogP contribution in [0.4, 0.5) is 5.69 Å². The number of carbonyl (C=O) groups excluding carboxylic acids is 1. The van der Waals surface area contributed by atoms with E-state index in [2.05, 4.69) is 5.32 Å². The van der Waals surface area contributed by atoms with Crippen molar-refractivity contribution in [3.05, 3.63) is 23.8 Å². The summed E-state index contributed by atoms with van der Waals surface area (Å²) in [5.74, 6) is -0.141. The van der Waals surface area contributed by atoms with Gasteiger partial charge in [0, 0.05) is 5.69 Å². The second-order valence-corrected chi connectivity index (χ2v) is 11.8. The second kappa shape index (κ2) is 6.37. The van der Waals surface area contributed by atoms with Crippen LogP contribution in [0.3, 0.4) is 0 Å². The van der Waals surface area contributed by atoms with E-state index in [-0.39, 0.29) is 34.5 Å². The Hall–Kier alpha value is -1.18. The Labute approximate surface area is 140 Å². The summed E-state index contributed by atoms with van der Waals surface area (Å²) >= 11 is 0. The molecule has 1 aliphatic rings. The Kier molecular flexibility index (Phi) is 5.03. The fourth-order valence-corrected chi connectivity index (χ4v) is 5.58. The van der Waals surface area contributed by atoms with Gasteiger partial charge in [0.2, 0.25) is 5.91 Å². The van der Waals surface area contributed by atoms with Gasteiger partial charge in [0.15, 0.2) is 18.9 Å². The molecule has 7 heteroatoms. The Morgan fingerprint density at radius 3 is 2.52 bits per heavy atom. The van der Waals surface area contributed by atoms with E-state index >= 15 is 0 Å². The van der Waals surface area contributed by atoms with Gasteiger partial charge >= 0.3 is 0 Å². The number of carbonyl (C=O) groups is 1. The van der Waals surface area contributed by atoms with Crippen LogP contribution in [0.5, 0.6) is 0 Å². The van der Waals surface area contributed by atoms with Gasteiger partial charge in [-0.2, -0.15) is 0 Å². The number of fused-ring (bicyclic) bond motifs is 1. The first kappa shape index (κ1) is 18.2. The molecule has 1 aromatic carbocycles. The first-order valence-corrected chi connectivity index (χ1v) is 12.2. The van der Waals surface area contributed by atoms with Crippen molar-refractivity contribution >= 4 is 30.5 Å². The first-order valence-electron chi connectivity index (χ1n) is 7.80. The van der Waals surface area contributed by atoms with Crippen molar-refractivity contribution in [2.75, 3.05) is 11.1 Å². The summed E-state index contributed by atoms with van der Waals surface area (Å²) in [5.41, 5.74) is 1.19. The largest absolute Gasteiger partial charge is 0.416 e. The van der Waals surface area contributed by atoms with Crippen molar-refractivity contribution in [3.8, 4) is 0 Å². The molecule has 0 saturated carbocycles. The summed E-state index contributed by atoms with van der Waals surface area (Å²) in [4.78, 5) is 11.7. The Balaban J connectivity index is 2.27. The van der Waals surface area contributed by atoms with E-state index in [1.54, 1.807) is 18.2 Å². The summed E-state index contributed by atoms with van der Waals surface area (Å²) in [5, 5.41) is 2.71. The lowest BCUT2D eigenvalue weighted by Gasteiger charge is -2.32. The van der Waals surface area contributed by atoms with Gasteiger partial charge in [0.25, 0.3) is 0 Å². The number of hydrogen-bond acceptors (Lipinski definition) is 4. The van der Waals surface area contributed by atoms with Gasteiger partial charge in [-0.3, -0.25) is 4.79 Å². The molecule has 1 aliphatic heterocycles. The second-order valence-electron chi connectivity index (χ2n) is 7.36. The van der Waals surface area contributed by atoms with Crippen molar-refractivity contribution in [1.29, 1.82) is 0 Å². The van der Waals surface area contributed by atoms with E-state index in [1.807, 2.05) is 33.9 Å². The minimum Gasteiger partial charge on any atom is -0.416 e. The third-order valence-electron chi connectivity index (χ3n) is 3.83. The van der Waals surface area contributed by atoms with Crippen molar-refractivity contribution < 1.29 is 17.6 Å². The van der Waals surface area contributed by atoms with E-state index in [0.29, 0.717) is 5.69 Å². The quantitative estimate of drug-likeness (QED) is 0.823. The summed E-state index contributed by atoms with van der Waals surface area (Å²) in [7, 11) is -4.82. The normalized spacial score (nSPS) is 16.3. The Morgan fingerprint density at radius 1 is 1.30 bits per heavy atom. The van der Waals surface area contributed by atoms with Crippen LogP contribution in [0.2, 0.25) is 13.1 Å². The predicted octanol–water partition coefficient (Wildman–Crippen LogP) is 2.37. The third-order valence-corrected chi connectivity index (χ3v) is 6.42. The fraction of sp³-hybridized carbons (Fsp3) is 0.562. The first-order chi connectivity index (χ1) is 10.5. The molecule has 1 unspecified atom stereocenters. The van der Waals surface area contributed by atoms with Crippen LogP contribution >= 0.6 is 0 Å². The summed E-state index contributed by atoms with van der Waals surface area (Å²) in [6, 6.07) is 4.83. The van der Waals surface area contributed by atoms with E-state index in [0.717, 1.165) is 5.56 Å². The predicted molar refractivity (Wildman–Crippen MR) is 94.0 cm³/mol. The van der Waals surface area contributed by atoms with E-state index < -0.39 is 18.9 Å². The zero-order valence-electron chi connectivity index (χ0n) is 14.3. The van der Waals surface area contributed by atoms with Gasteiger partial charge in [-0.1, -0.05) is 20.8 Å². The van der Waals surface area contributed by atoms with Gasteiger partial charge in [-0.05, 0) is 42.3 Å². The molecule has 0 saturated heterocycles. The minimum atomic E-state index is -3.47. The lowest BCUT2D eigenvalue weighted by molar-refractivity contribution is -0.115. The monoisotopic (exact) mass is 355 g/mol. The molecule has 23 heavy (non-hydrogen) atoms. The number of anilines is 1. The van der Waals surface area contributed by atoms with Crippen molar-refractivity contribution in [2.45, 2.75) is 51.3 Å². The fourth-order valence-electron chi connectivity index (χ4n) is 2.52. The Bertz CT molecular complexity index is 707. The number of benzene rings is 1. The zero-order valence-corrected chi connectivity index (χ0v) is 16.3. The van der Waals surface area contributed by atoms with Gasteiger partial charge in [0.05, 0.1) is 23.2 Å². The van der Waals surface area contributed by atoms with Gasteiger partial charge < -0.3 is 9.74 Å². The molecule has 0 aromatic heterocycles. The summed E-state index contributed by atoms with van der Waals surface area (Å²) in [6.07, 6.45) is -0.108. The molecule has 0 bridgehead atoms. The number of rotatable bonds is 5. The molecule has 0 aliphatic carbocycles. The highest BCUT2D eigenvalue weighted by molar-refractivity contribution is 7.91. The maximum atomic E-state index is 12.8. The molecule has 2 rings (SSSR count). The maximum absolute atomic E-state index is 12.8. The van der Waals surface area contributed by atoms with Crippen LogP contribution in [-0.2, 0) is 25.5 Å². The number of nitrogens with one attached hydrogen (secondary N) is 1.